The number of nitrogens with zero attached hydrogens (tertiary/aromatic N) is 4. The molecular formula is C17H16F3N5OS. The van der Waals surface area contributed by atoms with E-state index in [2.05, 4.69) is 20.3 Å². The summed E-state index contributed by atoms with van der Waals surface area (Å²) in [7, 11) is 0. The van der Waals surface area contributed by atoms with Crippen LogP contribution in [0.2, 0.25) is 0 Å². The smallest absolute Gasteiger partial charge is 0.348 e. The number of hydrogen-bond acceptors (Lipinski definition) is 5. The number of carbonyl (C=O) groups excluding carboxylic acids is 1. The van der Waals surface area contributed by atoms with Crippen LogP contribution in [0.25, 0.3) is 16.2 Å². The number of hydrogen-bond donors (Lipinski definition) is 1. The van der Waals surface area contributed by atoms with Crippen LogP contribution in [0.3, 0.4) is 0 Å². The summed E-state index contributed by atoms with van der Waals surface area (Å²) in [5.74, 6) is -1.34. The number of fused-ring (bicyclic) bond motifs is 1. The third-order valence-electron chi connectivity index (χ3n) is 4.77. The predicted octanol–water partition coefficient (Wildman–Crippen LogP) is 3.73. The Balaban J connectivity index is 1.54. The zero-order chi connectivity index (χ0) is 19.0. The Labute approximate surface area is 156 Å². The molecular weight excluding hydrogens is 379 g/mol. The van der Waals surface area contributed by atoms with E-state index in [1.807, 2.05) is 5.38 Å². The number of halogens is 3. The zero-order valence-electron chi connectivity index (χ0n) is 14.1. The number of carbonyl (C=O) groups is 1. The Morgan fingerprint density at radius 2 is 2.00 bits per heavy atom. The Bertz CT molecular complexity index is 945. The molecule has 6 nitrogen and oxygen atoms in total. The van der Waals surface area contributed by atoms with Crippen LogP contribution >= 0.6 is 11.3 Å². The number of alkyl halides is 3. The minimum absolute atomic E-state index is 0.0346. The zero-order valence-corrected chi connectivity index (χ0v) is 14.9. The van der Waals surface area contributed by atoms with E-state index in [4.69, 9.17) is 0 Å². The second-order valence-electron chi connectivity index (χ2n) is 6.54. The van der Waals surface area contributed by atoms with Gasteiger partial charge in [0.25, 0.3) is 5.91 Å². The monoisotopic (exact) mass is 395 g/mol. The summed E-state index contributed by atoms with van der Waals surface area (Å²) >= 11 is 1.35. The van der Waals surface area contributed by atoms with E-state index in [9.17, 15) is 18.0 Å². The lowest BCUT2D eigenvalue weighted by molar-refractivity contribution is -0.182. The fourth-order valence-corrected chi connectivity index (χ4v) is 4.13. The molecule has 27 heavy (non-hydrogen) atoms. The highest BCUT2D eigenvalue weighted by atomic mass is 32.1. The number of nitrogens with one attached hydrogen (secondary N) is 1. The molecule has 4 rings (SSSR count). The Morgan fingerprint density at radius 3 is 2.67 bits per heavy atom. The van der Waals surface area contributed by atoms with E-state index >= 15 is 0 Å². The van der Waals surface area contributed by atoms with E-state index in [-0.39, 0.29) is 30.5 Å². The van der Waals surface area contributed by atoms with Gasteiger partial charge in [0.1, 0.15) is 6.33 Å². The van der Waals surface area contributed by atoms with Crippen molar-refractivity contribution in [1.82, 2.24) is 24.8 Å². The van der Waals surface area contributed by atoms with Gasteiger partial charge in [0.2, 0.25) is 5.95 Å². The first-order valence-electron chi connectivity index (χ1n) is 8.53. The van der Waals surface area contributed by atoms with E-state index in [1.165, 1.54) is 17.7 Å². The molecule has 10 heteroatoms. The fraction of sp³-hybridized carbons (Fsp3) is 0.412. The minimum Gasteiger partial charge on any atom is -0.348 e. The first-order valence-corrected chi connectivity index (χ1v) is 9.41. The number of rotatable bonds is 3. The van der Waals surface area contributed by atoms with Crippen LogP contribution in [0.1, 0.15) is 36.2 Å². The lowest BCUT2D eigenvalue weighted by Gasteiger charge is -2.30. The number of amides is 1. The molecule has 1 N–H and O–H groups in total. The standard InChI is InChI=1S/C17H16F3N5OS/c18-17(19,20)10-1-3-11(4-2-10)22-15(26)13-14-12(5-8-27-14)23-16(24-13)25-7-6-21-9-25/h5-11H,1-4H2,(H,22,26). The van der Waals surface area contributed by atoms with Crippen LogP contribution in [0.15, 0.2) is 30.2 Å². The fourth-order valence-electron chi connectivity index (χ4n) is 3.32. The van der Waals surface area contributed by atoms with Gasteiger partial charge in [-0.25, -0.2) is 15.0 Å². The average molecular weight is 395 g/mol. The summed E-state index contributed by atoms with van der Waals surface area (Å²) < 4.78 is 40.7. The van der Waals surface area contributed by atoms with Crippen LogP contribution in [0.4, 0.5) is 13.2 Å². The number of imidazole rings is 1. The lowest BCUT2D eigenvalue weighted by Crippen LogP contribution is -2.40. The third kappa shape index (κ3) is 3.66. The van der Waals surface area contributed by atoms with Crippen molar-refractivity contribution in [3.05, 3.63) is 35.9 Å². The molecule has 1 amide bonds. The summed E-state index contributed by atoms with van der Waals surface area (Å²) in [5.41, 5.74) is 0.876. The van der Waals surface area contributed by atoms with Gasteiger partial charge in [0, 0.05) is 18.4 Å². The van der Waals surface area contributed by atoms with Crippen molar-refractivity contribution in [2.75, 3.05) is 0 Å². The normalized spacial score (nSPS) is 20.7. The maximum Gasteiger partial charge on any atom is 0.391 e. The van der Waals surface area contributed by atoms with Crippen LogP contribution < -0.4 is 5.32 Å². The van der Waals surface area contributed by atoms with Crippen LogP contribution in [-0.4, -0.2) is 37.6 Å². The molecule has 0 atom stereocenters. The van der Waals surface area contributed by atoms with Crippen molar-refractivity contribution in [1.29, 1.82) is 0 Å². The summed E-state index contributed by atoms with van der Waals surface area (Å²) in [6, 6.07) is 1.52. The van der Waals surface area contributed by atoms with Crippen molar-refractivity contribution >= 4 is 27.5 Å². The summed E-state index contributed by atoms with van der Waals surface area (Å²) in [5, 5.41) is 4.67. The second-order valence-corrected chi connectivity index (χ2v) is 7.46. The highest BCUT2D eigenvalue weighted by Gasteiger charge is 2.41. The molecule has 142 valence electrons. The van der Waals surface area contributed by atoms with Crippen molar-refractivity contribution in [3.8, 4) is 5.95 Å². The van der Waals surface area contributed by atoms with Gasteiger partial charge in [-0.2, -0.15) is 13.2 Å². The minimum atomic E-state index is -4.16. The van der Waals surface area contributed by atoms with Gasteiger partial charge < -0.3 is 5.32 Å². The molecule has 3 aromatic heterocycles. The topological polar surface area (TPSA) is 72.7 Å². The van der Waals surface area contributed by atoms with E-state index < -0.39 is 12.1 Å². The van der Waals surface area contributed by atoms with Crippen molar-refractivity contribution in [3.63, 3.8) is 0 Å². The van der Waals surface area contributed by atoms with Gasteiger partial charge in [-0.3, -0.25) is 9.36 Å². The van der Waals surface area contributed by atoms with E-state index in [1.54, 1.807) is 23.0 Å². The van der Waals surface area contributed by atoms with Gasteiger partial charge >= 0.3 is 6.18 Å². The summed E-state index contributed by atoms with van der Waals surface area (Å²) in [6.07, 6.45) is 1.32. The molecule has 3 aromatic rings. The molecule has 0 radical (unpaired) electrons. The Hall–Kier alpha value is -2.49. The Kier molecular flexibility index (Phi) is 4.58. The first kappa shape index (κ1) is 17.9. The quantitative estimate of drug-likeness (QED) is 0.734. The molecule has 0 bridgehead atoms. The molecule has 0 spiro atoms. The Morgan fingerprint density at radius 1 is 1.22 bits per heavy atom. The SMILES string of the molecule is O=C(NC1CCC(C(F)(F)F)CC1)c1nc(-n2ccnc2)nc2ccsc12. The van der Waals surface area contributed by atoms with Gasteiger partial charge in [0.05, 0.1) is 16.1 Å². The van der Waals surface area contributed by atoms with Crippen molar-refractivity contribution in [2.45, 2.75) is 37.9 Å². The van der Waals surface area contributed by atoms with Gasteiger partial charge in [-0.15, -0.1) is 11.3 Å². The molecule has 0 unspecified atom stereocenters. The second kappa shape index (κ2) is 6.91. The molecule has 3 heterocycles. The van der Waals surface area contributed by atoms with Gasteiger partial charge in [-0.1, -0.05) is 0 Å². The highest BCUT2D eigenvalue weighted by Crippen LogP contribution is 2.37. The third-order valence-corrected chi connectivity index (χ3v) is 5.68. The summed E-state index contributed by atoms with van der Waals surface area (Å²) in [4.78, 5) is 25.5. The average Bonchev–Trinajstić information content (AvgIpc) is 3.32. The van der Waals surface area contributed by atoms with Gasteiger partial charge in [-0.05, 0) is 37.1 Å². The molecule has 0 aromatic carbocycles. The molecule has 0 saturated heterocycles. The van der Waals surface area contributed by atoms with Crippen molar-refractivity contribution < 1.29 is 18.0 Å². The van der Waals surface area contributed by atoms with Crippen LogP contribution in [-0.2, 0) is 0 Å². The van der Waals surface area contributed by atoms with E-state index in [0.29, 0.717) is 29.0 Å². The number of thiophene rings is 1. The molecule has 1 aliphatic rings. The summed E-state index contributed by atoms with van der Waals surface area (Å²) in [6.45, 7) is 0. The van der Waals surface area contributed by atoms with Crippen LogP contribution in [0.5, 0.6) is 0 Å². The molecule has 1 saturated carbocycles. The number of aromatic nitrogens is 4. The maximum atomic E-state index is 12.8. The molecule has 0 aliphatic heterocycles. The first-order chi connectivity index (χ1) is 12.9. The van der Waals surface area contributed by atoms with Crippen molar-refractivity contribution in [2.24, 2.45) is 5.92 Å². The van der Waals surface area contributed by atoms with Crippen LogP contribution in [0, 0.1) is 5.92 Å². The largest absolute Gasteiger partial charge is 0.391 e. The van der Waals surface area contributed by atoms with Gasteiger partial charge in [0.15, 0.2) is 5.69 Å². The molecule has 1 aliphatic carbocycles. The lowest BCUT2D eigenvalue weighted by atomic mass is 9.85. The van der Waals surface area contributed by atoms with E-state index in [0.717, 1.165) is 0 Å². The molecule has 1 fully saturated rings. The predicted molar refractivity (Wildman–Crippen MR) is 93.8 cm³/mol. The maximum absolute atomic E-state index is 12.8. The highest BCUT2D eigenvalue weighted by molar-refractivity contribution is 7.17.